The lowest BCUT2D eigenvalue weighted by Gasteiger charge is -2.23. The number of nitro groups is 1. The third-order valence-corrected chi connectivity index (χ3v) is 3.20. The molecule has 0 saturated carbocycles. The van der Waals surface area contributed by atoms with Gasteiger partial charge < -0.3 is 19.6 Å². The number of aromatic nitrogens is 2. The van der Waals surface area contributed by atoms with Crippen molar-refractivity contribution in [3.63, 3.8) is 0 Å². The normalized spacial score (nSPS) is 18.4. The Labute approximate surface area is 115 Å². The fourth-order valence-electron chi connectivity index (χ4n) is 2.26. The van der Waals surface area contributed by atoms with Gasteiger partial charge >= 0.3 is 5.82 Å². The Hall–Kier alpha value is -2.00. The van der Waals surface area contributed by atoms with Crippen LogP contribution >= 0.6 is 0 Å². The van der Waals surface area contributed by atoms with Gasteiger partial charge in [-0.2, -0.15) is 0 Å². The van der Waals surface area contributed by atoms with Gasteiger partial charge in [0.25, 0.3) is 0 Å². The van der Waals surface area contributed by atoms with E-state index in [-0.39, 0.29) is 24.3 Å². The Morgan fingerprint density at radius 3 is 3.10 bits per heavy atom. The molecule has 0 bridgehead atoms. The Kier molecular flexibility index (Phi) is 4.64. The number of carbonyl (C=O) groups is 1. The number of carbonyl (C=O) groups excluding carboxylic acids is 1. The number of rotatable bonds is 6. The van der Waals surface area contributed by atoms with Crippen molar-refractivity contribution in [3.8, 4) is 0 Å². The van der Waals surface area contributed by atoms with E-state index < -0.39 is 4.92 Å². The lowest BCUT2D eigenvalue weighted by atomic mass is 10.2. The Morgan fingerprint density at radius 1 is 1.65 bits per heavy atom. The molecule has 2 rings (SSSR count). The van der Waals surface area contributed by atoms with Crippen molar-refractivity contribution in [2.75, 3.05) is 20.3 Å². The van der Waals surface area contributed by atoms with E-state index in [1.165, 1.54) is 24.2 Å². The fraction of sp³-hybridized carbons (Fsp3) is 0.636. The van der Waals surface area contributed by atoms with Crippen LogP contribution in [0.3, 0.4) is 0 Å². The average molecular weight is 284 g/mol. The lowest BCUT2D eigenvalue weighted by molar-refractivity contribution is -0.389. The van der Waals surface area contributed by atoms with Gasteiger partial charge in [0.05, 0.1) is 13.2 Å². The van der Waals surface area contributed by atoms with Gasteiger partial charge in [-0.1, -0.05) is 0 Å². The summed E-state index contributed by atoms with van der Waals surface area (Å²) in [5.41, 5.74) is 0. The van der Waals surface area contributed by atoms with E-state index in [0.717, 1.165) is 12.8 Å². The SMILES string of the molecule is COOCC1CCCN1C(=O)Cn1cnc([N+](=O)[O-])c1. The van der Waals surface area contributed by atoms with E-state index in [1.54, 1.807) is 4.90 Å². The van der Waals surface area contributed by atoms with Crippen molar-refractivity contribution in [2.45, 2.75) is 25.4 Å². The van der Waals surface area contributed by atoms with Crippen molar-refractivity contribution < 1.29 is 19.5 Å². The summed E-state index contributed by atoms with van der Waals surface area (Å²) in [4.78, 5) is 36.9. The highest BCUT2D eigenvalue weighted by Crippen LogP contribution is 2.18. The van der Waals surface area contributed by atoms with Crippen molar-refractivity contribution >= 4 is 11.7 Å². The van der Waals surface area contributed by atoms with Gasteiger partial charge in [-0.15, -0.1) is 0 Å². The first kappa shape index (κ1) is 14.4. The molecule has 0 spiro atoms. The predicted octanol–water partition coefficient (Wildman–Crippen LogP) is 0.360. The molecular formula is C11H16N4O5. The van der Waals surface area contributed by atoms with E-state index in [9.17, 15) is 14.9 Å². The maximum absolute atomic E-state index is 12.2. The fourth-order valence-corrected chi connectivity index (χ4v) is 2.26. The molecule has 1 fully saturated rings. The van der Waals surface area contributed by atoms with Gasteiger partial charge in [-0.3, -0.25) is 4.79 Å². The van der Waals surface area contributed by atoms with Crippen LogP contribution in [0.1, 0.15) is 12.8 Å². The largest absolute Gasteiger partial charge is 0.381 e. The molecule has 1 aliphatic rings. The van der Waals surface area contributed by atoms with E-state index in [4.69, 9.17) is 4.89 Å². The molecule has 1 aromatic heterocycles. The number of hydrogen-bond donors (Lipinski definition) is 0. The summed E-state index contributed by atoms with van der Waals surface area (Å²) in [6.07, 6.45) is 4.30. The number of hydrogen-bond acceptors (Lipinski definition) is 6. The topological polar surface area (TPSA) is 99.7 Å². The van der Waals surface area contributed by atoms with Crippen LogP contribution in [0.4, 0.5) is 5.82 Å². The first-order chi connectivity index (χ1) is 9.61. The van der Waals surface area contributed by atoms with Crippen LogP contribution in [0.2, 0.25) is 0 Å². The van der Waals surface area contributed by atoms with Crippen molar-refractivity contribution in [2.24, 2.45) is 0 Å². The Balaban J connectivity index is 1.94. The summed E-state index contributed by atoms with van der Waals surface area (Å²) >= 11 is 0. The van der Waals surface area contributed by atoms with Gasteiger partial charge in [0, 0.05) is 6.54 Å². The van der Waals surface area contributed by atoms with E-state index in [1.807, 2.05) is 0 Å². The summed E-state index contributed by atoms with van der Waals surface area (Å²) in [6, 6.07) is -0.0130. The average Bonchev–Trinajstić information content (AvgIpc) is 3.04. The van der Waals surface area contributed by atoms with Crippen LogP contribution in [0.25, 0.3) is 0 Å². The molecule has 0 radical (unpaired) electrons. The van der Waals surface area contributed by atoms with Crippen molar-refractivity contribution in [1.82, 2.24) is 14.5 Å². The molecule has 1 aliphatic heterocycles. The van der Waals surface area contributed by atoms with Crippen LogP contribution in [-0.4, -0.2) is 51.6 Å². The maximum Gasteiger partial charge on any atom is 0.381 e. The summed E-state index contributed by atoms with van der Waals surface area (Å²) in [7, 11) is 1.42. The molecule has 0 aliphatic carbocycles. The third kappa shape index (κ3) is 3.31. The number of likely N-dealkylation sites (tertiary alicyclic amines) is 1. The van der Waals surface area contributed by atoms with Gasteiger partial charge in [-0.25, -0.2) is 9.78 Å². The van der Waals surface area contributed by atoms with Crippen LogP contribution in [0.15, 0.2) is 12.5 Å². The van der Waals surface area contributed by atoms with Crippen LogP contribution < -0.4 is 0 Å². The van der Waals surface area contributed by atoms with E-state index in [0.29, 0.717) is 13.2 Å². The Morgan fingerprint density at radius 2 is 2.45 bits per heavy atom. The van der Waals surface area contributed by atoms with Gasteiger partial charge in [0.15, 0.2) is 0 Å². The zero-order valence-corrected chi connectivity index (χ0v) is 11.1. The lowest BCUT2D eigenvalue weighted by Crippen LogP contribution is -2.40. The minimum absolute atomic E-state index is 0.0130. The minimum atomic E-state index is -0.591. The minimum Gasteiger partial charge on any atom is -0.358 e. The first-order valence-corrected chi connectivity index (χ1v) is 6.23. The molecule has 20 heavy (non-hydrogen) atoms. The zero-order chi connectivity index (χ0) is 14.5. The molecule has 1 saturated heterocycles. The molecule has 9 heteroatoms. The van der Waals surface area contributed by atoms with Crippen LogP contribution in [-0.2, 0) is 21.1 Å². The van der Waals surface area contributed by atoms with Gasteiger partial charge in [-0.05, 0) is 22.7 Å². The molecule has 0 aromatic carbocycles. The Bertz CT molecular complexity index is 489. The molecule has 1 unspecified atom stereocenters. The number of nitrogens with zero attached hydrogens (tertiary/aromatic N) is 4. The maximum atomic E-state index is 12.2. The predicted molar refractivity (Wildman–Crippen MR) is 66.6 cm³/mol. The molecule has 9 nitrogen and oxygen atoms in total. The second-order valence-corrected chi connectivity index (χ2v) is 4.50. The molecule has 0 N–H and O–H groups in total. The summed E-state index contributed by atoms with van der Waals surface area (Å²) in [5.74, 6) is -0.377. The first-order valence-electron chi connectivity index (χ1n) is 6.23. The van der Waals surface area contributed by atoms with Gasteiger partial charge in [0.2, 0.25) is 12.2 Å². The third-order valence-electron chi connectivity index (χ3n) is 3.20. The number of imidazole rings is 1. The van der Waals surface area contributed by atoms with E-state index in [2.05, 4.69) is 9.87 Å². The van der Waals surface area contributed by atoms with E-state index >= 15 is 0 Å². The molecule has 1 amide bonds. The summed E-state index contributed by atoms with van der Waals surface area (Å²) in [5, 5.41) is 10.5. The second-order valence-electron chi connectivity index (χ2n) is 4.50. The smallest absolute Gasteiger partial charge is 0.358 e. The van der Waals surface area contributed by atoms with Crippen molar-refractivity contribution in [3.05, 3.63) is 22.6 Å². The number of amides is 1. The summed E-state index contributed by atoms with van der Waals surface area (Å²) in [6.45, 7) is 1.02. The van der Waals surface area contributed by atoms with Crippen LogP contribution in [0.5, 0.6) is 0 Å². The molecule has 2 heterocycles. The highest BCUT2D eigenvalue weighted by molar-refractivity contribution is 5.76. The van der Waals surface area contributed by atoms with Crippen molar-refractivity contribution in [1.29, 1.82) is 0 Å². The second kappa shape index (κ2) is 6.44. The zero-order valence-electron chi connectivity index (χ0n) is 11.1. The van der Waals surface area contributed by atoms with Gasteiger partial charge in [0.1, 0.15) is 19.3 Å². The standard InChI is InChI=1S/C11H16N4O5/c1-19-20-7-9-3-2-4-14(9)11(16)6-13-5-10(12-8-13)15(17)18/h5,8-9H,2-4,6-7H2,1H3. The molecule has 110 valence electrons. The summed E-state index contributed by atoms with van der Waals surface area (Å²) < 4.78 is 1.41. The molecule has 1 aromatic rings. The highest BCUT2D eigenvalue weighted by atomic mass is 17.2. The monoisotopic (exact) mass is 284 g/mol. The quantitative estimate of drug-likeness (QED) is 0.425. The molecular weight excluding hydrogens is 268 g/mol. The molecule has 1 atom stereocenters. The van der Waals surface area contributed by atoms with Crippen LogP contribution in [0, 0.1) is 10.1 Å². The highest BCUT2D eigenvalue weighted by Gasteiger charge is 2.29.